The molecule has 3 unspecified atom stereocenters. The number of rotatable bonds is 3. The second kappa shape index (κ2) is 5.79. The topological polar surface area (TPSA) is 20.2 Å². The first kappa shape index (κ1) is 13.5. The molecule has 0 heterocycles. The van der Waals surface area contributed by atoms with Crippen LogP contribution < -0.4 is 0 Å². The highest BCUT2D eigenvalue weighted by molar-refractivity contribution is 5.19. The van der Waals surface area contributed by atoms with Gasteiger partial charge in [0.05, 0.1) is 6.10 Å². The maximum Gasteiger partial charge on any atom is 0.162 e. The van der Waals surface area contributed by atoms with Crippen LogP contribution in [0.25, 0.3) is 0 Å². The normalized spacial score (nSPS) is 28.3. The molecule has 18 heavy (non-hydrogen) atoms. The van der Waals surface area contributed by atoms with Gasteiger partial charge in [-0.3, -0.25) is 0 Å². The SMILES string of the molecule is CCC1CCC(O)C(Cc2cccc(F)c2F)C1. The molecular formula is C15H20F2O. The molecule has 1 aromatic carbocycles. The largest absolute Gasteiger partial charge is 0.393 e. The van der Waals surface area contributed by atoms with Crippen molar-refractivity contribution in [2.75, 3.05) is 0 Å². The number of halogens is 2. The van der Waals surface area contributed by atoms with Crippen LogP contribution in [0.15, 0.2) is 18.2 Å². The third kappa shape index (κ3) is 2.89. The monoisotopic (exact) mass is 254 g/mol. The van der Waals surface area contributed by atoms with Gasteiger partial charge in [0.15, 0.2) is 11.6 Å². The molecule has 1 nitrogen and oxygen atoms in total. The first-order chi connectivity index (χ1) is 8.61. The summed E-state index contributed by atoms with van der Waals surface area (Å²) in [6.45, 7) is 2.14. The second-order valence-electron chi connectivity index (χ2n) is 5.33. The summed E-state index contributed by atoms with van der Waals surface area (Å²) in [5, 5.41) is 9.99. The molecule has 3 atom stereocenters. The van der Waals surface area contributed by atoms with E-state index >= 15 is 0 Å². The van der Waals surface area contributed by atoms with Gasteiger partial charge in [-0.15, -0.1) is 0 Å². The van der Waals surface area contributed by atoms with E-state index in [-0.39, 0.29) is 12.0 Å². The number of hydrogen-bond acceptors (Lipinski definition) is 1. The Labute approximate surface area is 107 Å². The standard InChI is InChI=1S/C15H20F2O/c1-2-10-6-7-14(18)12(8-10)9-11-4-3-5-13(16)15(11)17/h3-5,10,12,14,18H,2,6-9H2,1H3. The first-order valence-electron chi connectivity index (χ1n) is 6.72. The van der Waals surface area contributed by atoms with Crippen molar-refractivity contribution < 1.29 is 13.9 Å². The third-order valence-electron chi connectivity index (χ3n) is 4.14. The Balaban J connectivity index is 2.09. The zero-order chi connectivity index (χ0) is 13.1. The van der Waals surface area contributed by atoms with E-state index in [0.29, 0.717) is 17.9 Å². The van der Waals surface area contributed by atoms with E-state index in [4.69, 9.17) is 0 Å². The fourth-order valence-electron chi connectivity index (χ4n) is 2.92. The number of aliphatic hydroxyl groups is 1. The Bertz CT molecular complexity index is 405. The first-order valence-corrected chi connectivity index (χ1v) is 6.72. The van der Waals surface area contributed by atoms with Crippen molar-refractivity contribution in [1.82, 2.24) is 0 Å². The molecule has 1 fully saturated rings. The van der Waals surface area contributed by atoms with Crippen molar-refractivity contribution in [3.8, 4) is 0 Å². The van der Waals surface area contributed by atoms with Gasteiger partial charge in [0.2, 0.25) is 0 Å². The Morgan fingerprint density at radius 3 is 2.78 bits per heavy atom. The van der Waals surface area contributed by atoms with E-state index in [2.05, 4.69) is 6.92 Å². The van der Waals surface area contributed by atoms with Gasteiger partial charge in [0.25, 0.3) is 0 Å². The molecule has 0 spiro atoms. The quantitative estimate of drug-likeness (QED) is 0.872. The summed E-state index contributed by atoms with van der Waals surface area (Å²) in [6, 6.07) is 4.27. The Kier molecular flexibility index (Phi) is 4.33. The summed E-state index contributed by atoms with van der Waals surface area (Å²) in [4.78, 5) is 0. The fraction of sp³-hybridized carbons (Fsp3) is 0.600. The molecule has 0 bridgehead atoms. The van der Waals surface area contributed by atoms with Crippen molar-refractivity contribution in [1.29, 1.82) is 0 Å². The molecule has 0 aromatic heterocycles. The molecule has 1 N–H and O–H groups in total. The summed E-state index contributed by atoms with van der Waals surface area (Å²) in [7, 11) is 0. The van der Waals surface area contributed by atoms with Gasteiger partial charge in [-0.2, -0.15) is 0 Å². The minimum atomic E-state index is -0.801. The van der Waals surface area contributed by atoms with Gasteiger partial charge < -0.3 is 5.11 Å². The molecule has 0 saturated heterocycles. The highest BCUT2D eigenvalue weighted by atomic mass is 19.2. The summed E-state index contributed by atoms with van der Waals surface area (Å²) in [6.07, 6.45) is 3.87. The second-order valence-corrected chi connectivity index (χ2v) is 5.33. The van der Waals surface area contributed by atoms with E-state index in [0.717, 1.165) is 31.7 Å². The van der Waals surface area contributed by atoms with E-state index in [1.165, 1.54) is 6.07 Å². The van der Waals surface area contributed by atoms with Crippen LogP contribution in [0.3, 0.4) is 0 Å². The van der Waals surface area contributed by atoms with Crippen LogP contribution in [0.5, 0.6) is 0 Å². The van der Waals surface area contributed by atoms with E-state index in [1.54, 1.807) is 6.07 Å². The molecule has 1 aromatic rings. The molecule has 0 aliphatic heterocycles. The molecule has 1 aliphatic rings. The number of aliphatic hydroxyl groups excluding tert-OH is 1. The lowest BCUT2D eigenvalue weighted by molar-refractivity contribution is 0.0470. The molecule has 1 saturated carbocycles. The Morgan fingerprint density at radius 1 is 1.28 bits per heavy atom. The van der Waals surface area contributed by atoms with Crippen LogP contribution >= 0.6 is 0 Å². The van der Waals surface area contributed by atoms with Crippen molar-refractivity contribution in [2.24, 2.45) is 11.8 Å². The van der Waals surface area contributed by atoms with Gasteiger partial charge in [-0.25, -0.2) is 8.78 Å². The average molecular weight is 254 g/mol. The van der Waals surface area contributed by atoms with Crippen LogP contribution in [-0.2, 0) is 6.42 Å². The van der Waals surface area contributed by atoms with E-state index < -0.39 is 11.6 Å². The number of hydrogen-bond donors (Lipinski definition) is 1. The fourth-order valence-corrected chi connectivity index (χ4v) is 2.92. The van der Waals surface area contributed by atoms with Gasteiger partial charge in [0, 0.05) is 0 Å². The van der Waals surface area contributed by atoms with Crippen LogP contribution in [0.2, 0.25) is 0 Å². The molecular weight excluding hydrogens is 234 g/mol. The van der Waals surface area contributed by atoms with Gasteiger partial charge in [-0.1, -0.05) is 25.5 Å². The zero-order valence-electron chi connectivity index (χ0n) is 10.7. The lowest BCUT2D eigenvalue weighted by Gasteiger charge is -2.33. The molecule has 0 amide bonds. The van der Waals surface area contributed by atoms with E-state index in [9.17, 15) is 13.9 Å². The third-order valence-corrected chi connectivity index (χ3v) is 4.14. The minimum Gasteiger partial charge on any atom is -0.393 e. The highest BCUT2D eigenvalue weighted by Crippen LogP contribution is 2.33. The van der Waals surface area contributed by atoms with Crippen LogP contribution in [0.4, 0.5) is 8.78 Å². The Hall–Kier alpha value is -0.960. The molecule has 2 rings (SSSR count). The lowest BCUT2D eigenvalue weighted by Crippen LogP contribution is -2.30. The smallest absolute Gasteiger partial charge is 0.162 e. The maximum atomic E-state index is 13.6. The van der Waals surface area contributed by atoms with Gasteiger partial charge >= 0.3 is 0 Å². The van der Waals surface area contributed by atoms with Gasteiger partial charge in [-0.05, 0) is 49.1 Å². The lowest BCUT2D eigenvalue weighted by atomic mass is 9.76. The highest BCUT2D eigenvalue weighted by Gasteiger charge is 2.29. The number of benzene rings is 1. The molecule has 1 aliphatic carbocycles. The molecule has 3 heteroatoms. The summed E-state index contributed by atoms with van der Waals surface area (Å²) in [5.41, 5.74) is 0.385. The van der Waals surface area contributed by atoms with Crippen LogP contribution in [-0.4, -0.2) is 11.2 Å². The molecule has 0 radical (unpaired) electrons. The average Bonchev–Trinajstić information content (AvgIpc) is 2.37. The summed E-state index contributed by atoms with van der Waals surface area (Å²) in [5.74, 6) is -0.900. The predicted molar refractivity (Wildman–Crippen MR) is 67.2 cm³/mol. The molecule has 100 valence electrons. The van der Waals surface area contributed by atoms with Gasteiger partial charge in [0.1, 0.15) is 0 Å². The van der Waals surface area contributed by atoms with Crippen LogP contribution in [0.1, 0.15) is 38.2 Å². The Morgan fingerprint density at radius 2 is 2.06 bits per heavy atom. The van der Waals surface area contributed by atoms with Crippen molar-refractivity contribution in [3.05, 3.63) is 35.4 Å². The van der Waals surface area contributed by atoms with Crippen molar-refractivity contribution in [2.45, 2.75) is 45.1 Å². The predicted octanol–water partition coefficient (Wildman–Crippen LogP) is 3.69. The summed E-state index contributed by atoms with van der Waals surface area (Å²) < 4.78 is 26.7. The van der Waals surface area contributed by atoms with E-state index in [1.807, 2.05) is 0 Å². The summed E-state index contributed by atoms with van der Waals surface area (Å²) >= 11 is 0. The van der Waals surface area contributed by atoms with Crippen LogP contribution in [0, 0.1) is 23.5 Å². The van der Waals surface area contributed by atoms with Crippen molar-refractivity contribution >= 4 is 0 Å². The maximum absolute atomic E-state index is 13.6. The minimum absolute atomic E-state index is 0.0556. The van der Waals surface area contributed by atoms with Crippen molar-refractivity contribution in [3.63, 3.8) is 0 Å². The zero-order valence-corrected chi connectivity index (χ0v) is 10.7.